The highest BCUT2D eigenvalue weighted by atomic mass is 32.2. The van der Waals surface area contributed by atoms with Gasteiger partial charge in [0.25, 0.3) is 0 Å². The maximum atomic E-state index is 12.9. The summed E-state index contributed by atoms with van der Waals surface area (Å²) in [5, 5.41) is 11.2. The third-order valence-corrected chi connectivity index (χ3v) is 7.11. The number of aromatic nitrogens is 1. The molecule has 0 aliphatic carbocycles. The lowest BCUT2D eigenvalue weighted by atomic mass is 9.99. The lowest BCUT2D eigenvalue weighted by Gasteiger charge is -2.34. The Balaban J connectivity index is 1.73. The van der Waals surface area contributed by atoms with Crippen molar-refractivity contribution in [3.05, 3.63) is 58.3 Å². The minimum absolute atomic E-state index is 0.0700. The second kappa shape index (κ2) is 8.24. The molecule has 3 rings (SSSR count). The van der Waals surface area contributed by atoms with Crippen LogP contribution in [-0.4, -0.2) is 48.8 Å². The van der Waals surface area contributed by atoms with Gasteiger partial charge in [0.1, 0.15) is 0 Å². The number of sulfonamides is 1. The molecular weight excluding hydrogens is 380 g/mol. The van der Waals surface area contributed by atoms with Crippen molar-refractivity contribution < 1.29 is 13.3 Å². The molecule has 0 amide bonds. The first kappa shape index (κ1) is 20.2. The van der Waals surface area contributed by atoms with Gasteiger partial charge in [-0.05, 0) is 36.1 Å². The van der Waals surface area contributed by atoms with Crippen molar-refractivity contribution >= 4 is 21.5 Å². The monoisotopic (exact) mass is 404 g/mol. The molecule has 2 aromatic rings. The smallest absolute Gasteiger partial charge is 0.311 e. The largest absolute Gasteiger partial charge is 0.348 e. The molecule has 1 aromatic heterocycles. The van der Waals surface area contributed by atoms with E-state index in [0.29, 0.717) is 19.0 Å². The topological polar surface area (TPSA) is 96.7 Å². The van der Waals surface area contributed by atoms with Crippen LogP contribution >= 0.6 is 0 Å². The molecule has 1 saturated heterocycles. The van der Waals surface area contributed by atoms with Crippen LogP contribution in [0.5, 0.6) is 0 Å². The van der Waals surface area contributed by atoms with Gasteiger partial charge in [0, 0.05) is 38.4 Å². The molecule has 8 nitrogen and oxygen atoms in total. The molecule has 0 saturated carbocycles. The molecule has 0 bridgehead atoms. The fraction of sp³-hybridized carbons (Fsp3) is 0.421. The number of hydrogen-bond donors (Lipinski definition) is 0. The fourth-order valence-electron chi connectivity index (χ4n) is 3.27. The number of nitrogens with zero attached hydrogens (tertiary/aromatic N) is 4. The zero-order valence-corrected chi connectivity index (χ0v) is 16.8. The molecule has 1 fully saturated rings. The lowest BCUT2D eigenvalue weighted by Crippen LogP contribution is -2.49. The van der Waals surface area contributed by atoms with E-state index in [1.54, 1.807) is 17.0 Å². The number of anilines is 1. The van der Waals surface area contributed by atoms with E-state index in [1.807, 2.05) is 12.1 Å². The summed E-state index contributed by atoms with van der Waals surface area (Å²) < 4.78 is 27.3. The molecule has 1 aromatic carbocycles. The zero-order valence-electron chi connectivity index (χ0n) is 16.0. The van der Waals surface area contributed by atoms with E-state index < -0.39 is 14.9 Å². The lowest BCUT2D eigenvalue weighted by molar-refractivity contribution is -0.384. The third kappa shape index (κ3) is 4.00. The van der Waals surface area contributed by atoms with Gasteiger partial charge in [0.15, 0.2) is 0 Å². The van der Waals surface area contributed by atoms with Gasteiger partial charge in [-0.15, -0.1) is 0 Å². The Morgan fingerprint density at radius 3 is 2.36 bits per heavy atom. The maximum absolute atomic E-state index is 12.9. The second-order valence-electron chi connectivity index (χ2n) is 6.87. The highest BCUT2D eigenvalue weighted by molar-refractivity contribution is 7.89. The first-order valence-electron chi connectivity index (χ1n) is 9.29. The number of nitro groups is 1. The summed E-state index contributed by atoms with van der Waals surface area (Å²) in [6, 6.07) is 9.98. The van der Waals surface area contributed by atoms with Gasteiger partial charge in [-0.3, -0.25) is 10.1 Å². The molecule has 1 aliphatic heterocycles. The molecule has 0 spiro atoms. The van der Waals surface area contributed by atoms with E-state index in [1.165, 1.54) is 22.6 Å². The maximum Gasteiger partial charge on any atom is 0.311 e. The standard InChI is InChI=1S/C19H24N4O4S/c1-3-15(2)16-6-8-17(9-7-16)28(26,27)22-13-11-21(12-14-22)19-18(23(24)25)5-4-10-20-19/h4-10,15H,3,11-14H2,1-2H3/t15-/m1/s1. The van der Waals surface area contributed by atoms with Crippen molar-refractivity contribution in [1.82, 2.24) is 9.29 Å². The Bertz CT molecular complexity index is 939. The van der Waals surface area contributed by atoms with Gasteiger partial charge >= 0.3 is 5.69 Å². The third-order valence-electron chi connectivity index (χ3n) is 5.20. The molecule has 1 aliphatic rings. The van der Waals surface area contributed by atoms with Crippen LogP contribution in [0.2, 0.25) is 0 Å². The van der Waals surface area contributed by atoms with Crippen LogP contribution in [-0.2, 0) is 10.0 Å². The number of hydrogen-bond acceptors (Lipinski definition) is 6. The van der Waals surface area contributed by atoms with Crippen LogP contribution in [0.3, 0.4) is 0 Å². The summed E-state index contributed by atoms with van der Waals surface area (Å²) in [5.74, 6) is 0.664. The van der Waals surface area contributed by atoms with Crippen LogP contribution in [0, 0.1) is 10.1 Å². The summed E-state index contributed by atoms with van der Waals surface area (Å²) >= 11 is 0. The number of pyridine rings is 1. The average Bonchev–Trinajstić information content (AvgIpc) is 2.73. The number of rotatable bonds is 6. The Hall–Kier alpha value is -2.52. The van der Waals surface area contributed by atoms with E-state index >= 15 is 0 Å². The van der Waals surface area contributed by atoms with Gasteiger partial charge in [-0.25, -0.2) is 13.4 Å². The molecule has 9 heteroatoms. The molecule has 0 radical (unpaired) electrons. The van der Waals surface area contributed by atoms with Gasteiger partial charge < -0.3 is 4.90 Å². The SMILES string of the molecule is CC[C@@H](C)c1ccc(S(=O)(=O)N2CCN(c3ncccc3[N+](=O)[O-])CC2)cc1. The summed E-state index contributed by atoms with van der Waals surface area (Å²) in [5.41, 5.74) is 1.05. The van der Waals surface area contributed by atoms with Gasteiger partial charge in [-0.1, -0.05) is 26.0 Å². The first-order valence-corrected chi connectivity index (χ1v) is 10.7. The van der Waals surface area contributed by atoms with E-state index in [4.69, 9.17) is 0 Å². The Labute approximate surface area is 165 Å². The predicted octanol–water partition coefficient (Wildman–Crippen LogP) is 3.01. The minimum Gasteiger partial charge on any atom is -0.348 e. The van der Waals surface area contributed by atoms with Crippen molar-refractivity contribution in [3.8, 4) is 0 Å². The normalized spacial score (nSPS) is 16.7. The highest BCUT2D eigenvalue weighted by Gasteiger charge is 2.31. The number of benzene rings is 1. The summed E-state index contributed by atoms with van der Waals surface area (Å²) in [6.45, 7) is 5.41. The van der Waals surface area contributed by atoms with Crippen molar-refractivity contribution in [2.24, 2.45) is 0 Å². The van der Waals surface area contributed by atoms with E-state index in [0.717, 1.165) is 12.0 Å². The quantitative estimate of drug-likeness (QED) is 0.542. The predicted molar refractivity (Wildman–Crippen MR) is 107 cm³/mol. The average molecular weight is 404 g/mol. The van der Waals surface area contributed by atoms with Crippen molar-refractivity contribution in [1.29, 1.82) is 0 Å². The van der Waals surface area contributed by atoms with Gasteiger partial charge in [-0.2, -0.15) is 4.31 Å². The minimum atomic E-state index is -3.59. The van der Waals surface area contributed by atoms with Crippen LogP contribution in [0.1, 0.15) is 31.7 Å². The van der Waals surface area contributed by atoms with Crippen molar-refractivity contribution in [2.75, 3.05) is 31.1 Å². The molecule has 1 atom stereocenters. The first-order chi connectivity index (χ1) is 13.3. The Morgan fingerprint density at radius 1 is 1.14 bits per heavy atom. The van der Waals surface area contributed by atoms with Gasteiger partial charge in [0.2, 0.25) is 15.8 Å². The molecular formula is C19H24N4O4S. The summed E-state index contributed by atoms with van der Waals surface area (Å²) in [7, 11) is -3.59. The fourth-order valence-corrected chi connectivity index (χ4v) is 4.69. The van der Waals surface area contributed by atoms with Crippen LogP contribution in [0.4, 0.5) is 11.5 Å². The van der Waals surface area contributed by atoms with Crippen LogP contribution < -0.4 is 4.90 Å². The highest BCUT2D eigenvalue weighted by Crippen LogP contribution is 2.27. The van der Waals surface area contributed by atoms with Crippen LogP contribution in [0.25, 0.3) is 0 Å². The summed E-state index contributed by atoms with van der Waals surface area (Å²) in [4.78, 5) is 16.9. The molecule has 0 N–H and O–H groups in total. The van der Waals surface area contributed by atoms with Crippen LogP contribution in [0.15, 0.2) is 47.5 Å². The molecule has 2 heterocycles. The number of piperazine rings is 1. The van der Waals surface area contributed by atoms with Crippen molar-refractivity contribution in [3.63, 3.8) is 0 Å². The van der Waals surface area contributed by atoms with E-state index in [-0.39, 0.29) is 29.5 Å². The van der Waals surface area contributed by atoms with E-state index in [2.05, 4.69) is 18.8 Å². The molecule has 28 heavy (non-hydrogen) atoms. The van der Waals surface area contributed by atoms with Gasteiger partial charge in [0.05, 0.1) is 9.82 Å². The molecule has 150 valence electrons. The Kier molecular flexibility index (Phi) is 5.95. The Morgan fingerprint density at radius 2 is 1.79 bits per heavy atom. The zero-order chi connectivity index (χ0) is 20.3. The summed E-state index contributed by atoms with van der Waals surface area (Å²) in [6.07, 6.45) is 2.50. The molecule has 0 unspecified atom stereocenters. The van der Waals surface area contributed by atoms with E-state index in [9.17, 15) is 18.5 Å². The van der Waals surface area contributed by atoms with Crippen molar-refractivity contribution in [2.45, 2.75) is 31.1 Å². The second-order valence-corrected chi connectivity index (χ2v) is 8.81.